The van der Waals surface area contributed by atoms with Crippen molar-refractivity contribution in [2.75, 3.05) is 9.80 Å². The molecule has 55 heavy (non-hydrogen) atoms. The number of nitrogens with zero attached hydrogens (tertiary/aromatic N) is 8. The first kappa shape index (κ1) is 33.8. The lowest BCUT2D eigenvalue weighted by Crippen LogP contribution is -2.17. The lowest BCUT2D eigenvalue weighted by atomic mass is 9.95. The molecule has 2 heterocycles. The molecule has 0 saturated carbocycles. The molecule has 0 aliphatic heterocycles. The van der Waals surface area contributed by atoms with Crippen molar-refractivity contribution < 1.29 is 0 Å². The maximum absolute atomic E-state index is 5.16. The Morgan fingerprint density at radius 3 is 1.22 bits per heavy atom. The minimum atomic E-state index is -0.0395. The Kier molecular flexibility index (Phi) is 8.63. The van der Waals surface area contributed by atoms with Crippen LogP contribution in [0.1, 0.15) is 20.8 Å². The molecule has 9 aromatic rings. The summed E-state index contributed by atoms with van der Waals surface area (Å²) >= 11 is 0. The molecule has 0 bridgehead atoms. The molecule has 0 aliphatic rings. The van der Waals surface area contributed by atoms with Crippen LogP contribution in [0.2, 0.25) is 0 Å². The summed E-state index contributed by atoms with van der Waals surface area (Å²) in [4.78, 5) is 6.33. The van der Waals surface area contributed by atoms with E-state index in [1.807, 2.05) is 29.1 Å². The summed E-state index contributed by atoms with van der Waals surface area (Å²) in [6, 6.07) is 58.8. The van der Waals surface area contributed by atoms with Gasteiger partial charge in [0.2, 0.25) is 0 Å². The molecular formula is C47H39N8-. The van der Waals surface area contributed by atoms with E-state index >= 15 is 0 Å². The summed E-state index contributed by atoms with van der Waals surface area (Å²) in [5.41, 5.74) is 12.9. The highest BCUT2D eigenvalue weighted by Crippen LogP contribution is 2.43. The molecule has 0 N–H and O–H groups in total. The largest absolute Gasteiger partial charge is 0.349 e. The number of fused-ring (bicyclic) bond motifs is 2. The Morgan fingerprint density at radius 2 is 0.818 bits per heavy atom. The molecule has 0 aliphatic carbocycles. The third-order valence-corrected chi connectivity index (χ3v) is 9.62. The van der Waals surface area contributed by atoms with Gasteiger partial charge in [-0.15, -0.1) is 0 Å². The number of para-hydroxylation sites is 4. The van der Waals surface area contributed by atoms with Crippen molar-refractivity contribution in [2.24, 2.45) is 5.41 Å². The molecule has 0 unspecified atom stereocenters. The molecule has 7 aromatic carbocycles. The van der Waals surface area contributed by atoms with Gasteiger partial charge in [-0.25, -0.2) is 0 Å². The predicted octanol–water partition coefficient (Wildman–Crippen LogP) is 11.7. The molecule has 2 aromatic heterocycles. The normalized spacial score (nSPS) is 11.6. The molecule has 0 radical (unpaired) electrons. The second kappa shape index (κ2) is 14.1. The molecule has 0 amide bonds. The monoisotopic (exact) mass is 715 g/mol. The van der Waals surface area contributed by atoms with E-state index in [2.05, 4.69) is 192 Å². The number of anilines is 6. The van der Waals surface area contributed by atoms with Crippen molar-refractivity contribution in [1.82, 2.24) is 30.4 Å². The third-order valence-electron chi connectivity index (χ3n) is 9.62. The minimum Gasteiger partial charge on any atom is -0.349 e. The van der Waals surface area contributed by atoms with E-state index in [1.54, 1.807) is 0 Å². The van der Waals surface area contributed by atoms with Crippen molar-refractivity contribution in [3.63, 3.8) is 0 Å². The molecule has 8 heteroatoms. The average Bonchev–Trinajstić information content (AvgIpc) is 3.86. The van der Waals surface area contributed by atoms with Gasteiger partial charge >= 0.3 is 0 Å². The Balaban J connectivity index is 1.18. The van der Waals surface area contributed by atoms with Crippen molar-refractivity contribution in [2.45, 2.75) is 27.3 Å². The SMILES string of the molecule is CC(C)(C)Cn1nc2c(-c3ccc(N(c4ccccc4)c4ccccc4)cc3)c3nn[n-]c3c(-c3ccc(N(c4ccccc4)c4ccccc4)cc3)c2n1. The summed E-state index contributed by atoms with van der Waals surface area (Å²) in [5, 5.41) is 23.8. The first-order chi connectivity index (χ1) is 26.9. The topological polar surface area (TPSA) is 77.1 Å². The Bertz CT molecular complexity index is 2420. The number of hydrogen-bond donors (Lipinski definition) is 0. The Labute approximate surface area is 320 Å². The van der Waals surface area contributed by atoms with Crippen molar-refractivity contribution in [3.8, 4) is 22.3 Å². The summed E-state index contributed by atoms with van der Waals surface area (Å²) in [7, 11) is 0. The molecule has 0 fully saturated rings. The van der Waals surface area contributed by atoms with Crippen LogP contribution in [0.4, 0.5) is 34.1 Å². The van der Waals surface area contributed by atoms with Crippen LogP contribution in [0.3, 0.4) is 0 Å². The van der Waals surface area contributed by atoms with Gasteiger partial charge in [0.1, 0.15) is 11.0 Å². The number of aromatic nitrogens is 6. The number of hydrogen-bond acceptors (Lipinski definition) is 6. The van der Waals surface area contributed by atoms with Gasteiger partial charge in [-0.3, -0.25) is 5.21 Å². The fourth-order valence-corrected chi connectivity index (χ4v) is 7.25. The summed E-state index contributed by atoms with van der Waals surface area (Å²) in [6.45, 7) is 7.23. The Morgan fingerprint density at radius 1 is 0.455 bits per heavy atom. The quantitative estimate of drug-likeness (QED) is 0.147. The Hall–Kier alpha value is -7.06. The van der Waals surface area contributed by atoms with Gasteiger partial charge < -0.3 is 20.0 Å². The lowest BCUT2D eigenvalue weighted by molar-refractivity contribution is 0.305. The van der Waals surface area contributed by atoms with Crippen LogP contribution >= 0.6 is 0 Å². The van der Waals surface area contributed by atoms with Crippen LogP contribution in [-0.2, 0) is 6.54 Å². The van der Waals surface area contributed by atoms with Crippen LogP contribution < -0.4 is 14.9 Å². The second-order valence-electron chi connectivity index (χ2n) is 14.8. The van der Waals surface area contributed by atoms with Gasteiger partial charge in [0.25, 0.3) is 0 Å². The van der Waals surface area contributed by atoms with Gasteiger partial charge in [-0.2, -0.15) is 15.0 Å². The third kappa shape index (κ3) is 6.59. The van der Waals surface area contributed by atoms with E-state index in [0.717, 1.165) is 67.4 Å². The van der Waals surface area contributed by atoms with Crippen molar-refractivity contribution in [1.29, 1.82) is 0 Å². The van der Waals surface area contributed by atoms with E-state index in [1.165, 1.54) is 0 Å². The van der Waals surface area contributed by atoms with Crippen LogP contribution in [0, 0.1) is 5.41 Å². The zero-order chi connectivity index (χ0) is 37.4. The molecule has 9 rings (SSSR count). The highest BCUT2D eigenvalue weighted by molar-refractivity contribution is 6.16. The maximum Gasteiger partial charge on any atom is 0.121 e. The lowest BCUT2D eigenvalue weighted by Gasteiger charge is -2.25. The molecule has 268 valence electrons. The van der Waals surface area contributed by atoms with Gasteiger partial charge in [0.05, 0.1) is 6.54 Å². The molecule has 0 saturated heterocycles. The average molecular weight is 716 g/mol. The molecule has 0 atom stereocenters. The predicted molar refractivity (Wildman–Crippen MR) is 224 cm³/mol. The van der Waals surface area contributed by atoms with E-state index in [9.17, 15) is 0 Å². The highest BCUT2D eigenvalue weighted by Gasteiger charge is 2.23. The zero-order valence-corrected chi connectivity index (χ0v) is 31.0. The van der Waals surface area contributed by atoms with Crippen molar-refractivity contribution in [3.05, 3.63) is 170 Å². The highest BCUT2D eigenvalue weighted by atomic mass is 15.5. The van der Waals surface area contributed by atoms with Crippen LogP contribution in [0.5, 0.6) is 0 Å². The van der Waals surface area contributed by atoms with E-state index < -0.39 is 0 Å². The number of rotatable bonds is 9. The second-order valence-corrected chi connectivity index (χ2v) is 14.8. The van der Waals surface area contributed by atoms with E-state index in [0.29, 0.717) is 17.6 Å². The minimum absolute atomic E-state index is 0.0395. The van der Waals surface area contributed by atoms with Gasteiger partial charge in [0, 0.05) is 45.3 Å². The maximum atomic E-state index is 5.16. The number of benzene rings is 7. The van der Waals surface area contributed by atoms with Gasteiger partial charge in [-0.1, -0.05) is 118 Å². The fraction of sp³-hybridized carbons (Fsp3) is 0.106. The van der Waals surface area contributed by atoms with E-state index in [-0.39, 0.29) is 5.41 Å². The smallest absolute Gasteiger partial charge is 0.121 e. The standard InChI is InChI=1S/C47H39N8/c1-47(2,3)32-53-50-45-41(33-24-28-39(29-25-33)54(35-16-8-4-9-17-35)36-18-10-5-11-19-36)43-44(49-52-48-43)42(46(45)51-53)34-26-30-40(31-27-34)55(37-20-12-6-13-21-37)38-22-14-7-15-23-38/h4-31H,32H2,1-3H3/q-1. The summed E-state index contributed by atoms with van der Waals surface area (Å²) in [5.74, 6) is 0. The first-order valence-corrected chi connectivity index (χ1v) is 18.5. The van der Waals surface area contributed by atoms with E-state index in [4.69, 9.17) is 10.2 Å². The zero-order valence-electron chi connectivity index (χ0n) is 31.0. The van der Waals surface area contributed by atoms with Crippen LogP contribution in [0.25, 0.3) is 44.3 Å². The van der Waals surface area contributed by atoms with Crippen LogP contribution in [-0.4, -0.2) is 25.3 Å². The van der Waals surface area contributed by atoms with Crippen LogP contribution in [0.15, 0.2) is 170 Å². The van der Waals surface area contributed by atoms with Gasteiger partial charge in [-0.05, 0) is 100 Å². The molecular weight excluding hydrogens is 677 g/mol. The summed E-state index contributed by atoms with van der Waals surface area (Å²) in [6.07, 6.45) is 0. The first-order valence-electron chi connectivity index (χ1n) is 18.5. The fourth-order valence-electron chi connectivity index (χ4n) is 7.25. The van der Waals surface area contributed by atoms with Gasteiger partial charge in [0.15, 0.2) is 0 Å². The summed E-state index contributed by atoms with van der Waals surface area (Å²) < 4.78 is 0. The molecule has 8 nitrogen and oxygen atoms in total. The van der Waals surface area contributed by atoms with Crippen molar-refractivity contribution >= 4 is 56.2 Å². The molecule has 0 spiro atoms.